The van der Waals surface area contributed by atoms with Crippen molar-refractivity contribution in [1.29, 1.82) is 0 Å². The summed E-state index contributed by atoms with van der Waals surface area (Å²) in [4.78, 5) is 10.5. The van der Waals surface area contributed by atoms with Gasteiger partial charge >= 0.3 is 0 Å². The zero-order chi connectivity index (χ0) is 9.84. The first kappa shape index (κ1) is 9.53. The Balaban J connectivity index is 2.39. The van der Waals surface area contributed by atoms with Crippen LogP contribution in [-0.4, -0.2) is 28.3 Å². The summed E-state index contributed by atoms with van der Waals surface area (Å²) in [5, 5.41) is 3.87. The number of hydrogen-bond acceptors (Lipinski definition) is 4. The summed E-state index contributed by atoms with van der Waals surface area (Å²) in [5.74, 6) is -0.0110. The fraction of sp³-hybridized carbons (Fsp3) is 0.429. The van der Waals surface area contributed by atoms with Crippen LogP contribution in [0.2, 0.25) is 0 Å². The van der Waals surface area contributed by atoms with Gasteiger partial charge in [-0.2, -0.15) is 5.10 Å². The van der Waals surface area contributed by atoms with Crippen LogP contribution in [0.5, 0.6) is 5.75 Å². The maximum Gasteiger partial charge on any atom is 0.237 e. The average molecular weight is 184 g/mol. The third-order valence-electron chi connectivity index (χ3n) is 1.48. The van der Waals surface area contributed by atoms with Crippen LogP contribution in [-0.2, 0) is 11.8 Å². The lowest BCUT2D eigenvalue weighted by Crippen LogP contribution is -2.41. The first-order valence-electron chi connectivity index (χ1n) is 3.76. The molecule has 0 aliphatic heterocycles. The number of carbonyl (C=O) groups excluding carboxylic acids is 1. The smallest absolute Gasteiger partial charge is 0.237 e. The molecule has 0 aromatic carbocycles. The molecular formula is C7H12N4O2. The summed E-state index contributed by atoms with van der Waals surface area (Å²) in [6.45, 7) is 0.0705. The summed E-state index contributed by atoms with van der Waals surface area (Å²) in [6, 6.07) is -0.778. The Kier molecular flexibility index (Phi) is 2.86. The molecule has 0 radical (unpaired) electrons. The highest BCUT2D eigenvalue weighted by molar-refractivity contribution is 5.79. The highest BCUT2D eigenvalue weighted by atomic mass is 16.5. The quantitative estimate of drug-likeness (QED) is 0.602. The Hall–Kier alpha value is -1.56. The van der Waals surface area contributed by atoms with Crippen LogP contribution in [0.3, 0.4) is 0 Å². The molecule has 6 nitrogen and oxygen atoms in total. The molecule has 6 heteroatoms. The number of nitrogens with zero attached hydrogens (tertiary/aromatic N) is 2. The third kappa shape index (κ3) is 2.75. The number of hydrogen-bond donors (Lipinski definition) is 2. The molecule has 1 atom stereocenters. The number of amides is 1. The van der Waals surface area contributed by atoms with Crippen LogP contribution in [0.15, 0.2) is 12.4 Å². The number of aryl methyl sites for hydroxylation is 1. The van der Waals surface area contributed by atoms with E-state index < -0.39 is 11.9 Å². The molecule has 0 aliphatic rings. The van der Waals surface area contributed by atoms with Crippen molar-refractivity contribution in [2.45, 2.75) is 6.04 Å². The molecule has 72 valence electrons. The van der Waals surface area contributed by atoms with Crippen LogP contribution >= 0.6 is 0 Å². The van der Waals surface area contributed by atoms with Crippen molar-refractivity contribution in [2.75, 3.05) is 6.61 Å². The van der Waals surface area contributed by atoms with Crippen molar-refractivity contribution in [3.63, 3.8) is 0 Å². The molecule has 0 spiro atoms. The second-order valence-corrected chi connectivity index (χ2v) is 2.67. The maximum atomic E-state index is 10.5. The molecule has 0 aliphatic carbocycles. The molecule has 1 amide bonds. The van der Waals surface area contributed by atoms with Crippen molar-refractivity contribution in [2.24, 2.45) is 18.5 Å². The lowest BCUT2D eigenvalue weighted by molar-refractivity contribution is -0.119. The molecule has 0 bridgehead atoms. The molecule has 13 heavy (non-hydrogen) atoms. The minimum atomic E-state index is -0.778. The van der Waals surface area contributed by atoms with Crippen LogP contribution < -0.4 is 16.2 Å². The Labute approximate surface area is 75.5 Å². The third-order valence-corrected chi connectivity index (χ3v) is 1.48. The first-order chi connectivity index (χ1) is 6.09. The molecular weight excluding hydrogens is 172 g/mol. The SMILES string of the molecule is Cn1cc(OCC(N)C(N)=O)cn1. The van der Waals surface area contributed by atoms with Gasteiger partial charge in [-0.15, -0.1) is 0 Å². The van der Waals surface area contributed by atoms with E-state index in [1.54, 1.807) is 17.9 Å². The highest BCUT2D eigenvalue weighted by Crippen LogP contribution is 2.06. The van der Waals surface area contributed by atoms with Gasteiger partial charge in [-0.3, -0.25) is 9.48 Å². The number of nitrogens with two attached hydrogens (primary N) is 2. The summed E-state index contributed by atoms with van der Waals surface area (Å²) < 4.78 is 6.73. The van der Waals surface area contributed by atoms with Crippen molar-refractivity contribution in [1.82, 2.24) is 9.78 Å². The molecule has 1 unspecified atom stereocenters. The van der Waals surface area contributed by atoms with Crippen molar-refractivity contribution in [3.05, 3.63) is 12.4 Å². The van der Waals surface area contributed by atoms with Crippen molar-refractivity contribution >= 4 is 5.91 Å². The molecule has 0 saturated heterocycles. The predicted octanol–water partition coefficient (Wildman–Crippen LogP) is -1.39. The molecule has 1 heterocycles. The second kappa shape index (κ2) is 3.90. The van der Waals surface area contributed by atoms with E-state index in [0.717, 1.165) is 0 Å². The van der Waals surface area contributed by atoms with E-state index in [9.17, 15) is 4.79 Å². The van der Waals surface area contributed by atoms with E-state index in [-0.39, 0.29) is 6.61 Å². The zero-order valence-corrected chi connectivity index (χ0v) is 7.30. The van der Waals surface area contributed by atoms with Crippen molar-refractivity contribution in [3.8, 4) is 5.75 Å². The van der Waals surface area contributed by atoms with Gasteiger partial charge in [0.05, 0.1) is 12.4 Å². The summed E-state index contributed by atoms with van der Waals surface area (Å²) in [5.41, 5.74) is 10.3. The van der Waals surface area contributed by atoms with E-state index in [0.29, 0.717) is 5.75 Å². The fourth-order valence-corrected chi connectivity index (χ4v) is 0.741. The number of rotatable bonds is 4. The van der Waals surface area contributed by atoms with Crippen LogP contribution in [0.4, 0.5) is 0 Å². The molecule has 0 fully saturated rings. The summed E-state index contributed by atoms with van der Waals surface area (Å²) >= 11 is 0. The van der Waals surface area contributed by atoms with E-state index in [4.69, 9.17) is 16.2 Å². The monoisotopic (exact) mass is 184 g/mol. The topological polar surface area (TPSA) is 96.2 Å². The molecule has 0 saturated carbocycles. The normalized spacial score (nSPS) is 12.5. The Morgan fingerprint density at radius 2 is 2.54 bits per heavy atom. The minimum absolute atomic E-state index is 0.0705. The zero-order valence-electron chi connectivity index (χ0n) is 7.30. The molecule has 4 N–H and O–H groups in total. The van der Waals surface area contributed by atoms with E-state index >= 15 is 0 Å². The van der Waals surface area contributed by atoms with Gasteiger partial charge < -0.3 is 16.2 Å². The largest absolute Gasteiger partial charge is 0.488 e. The van der Waals surface area contributed by atoms with E-state index in [2.05, 4.69) is 5.10 Å². The Bertz CT molecular complexity index is 296. The lowest BCUT2D eigenvalue weighted by atomic mass is 10.3. The number of aromatic nitrogens is 2. The van der Waals surface area contributed by atoms with E-state index in [1.807, 2.05) is 0 Å². The van der Waals surface area contributed by atoms with Gasteiger partial charge in [-0.1, -0.05) is 0 Å². The Morgan fingerprint density at radius 3 is 3.00 bits per heavy atom. The molecule has 1 aromatic rings. The fourth-order valence-electron chi connectivity index (χ4n) is 0.741. The average Bonchev–Trinajstić information content (AvgIpc) is 2.47. The molecule has 1 rings (SSSR count). The number of carbonyl (C=O) groups is 1. The second-order valence-electron chi connectivity index (χ2n) is 2.67. The first-order valence-corrected chi connectivity index (χ1v) is 3.76. The van der Waals surface area contributed by atoms with Crippen LogP contribution in [0.1, 0.15) is 0 Å². The summed E-state index contributed by atoms with van der Waals surface area (Å²) in [7, 11) is 1.76. The maximum absolute atomic E-state index is 10.5. The summed E-state index contributed by atoms with van der Waals surface area (Å²) in [6.07, 6.45) is 3.21. The van der Waals surface area contributed by atoms with Gasteiger partial charge in [0, 0.05) is 7.05 Å². The van der Waals surface area contributed by atoms with Gasteiger partial charge in [0.15, 0.2) is 5.75 Å². The van der Waals surface area contributed by atoms with Crippen LogP contribution in [0.25, 0.3) is 0 Å². The van der Waals surface area contributed by atoms with Gasteiger partial charge in [-0.05, 0) is 0 Å². The van der Waals surface area contributed by atoms with Crippen LogP contribution in [0, 0.1) is 0 Å². The predicted molar refractivity (Wildman–Crippen MR) is 45.9 cm³/mol. The standard InChI is InChI=1S/C7H12N4O2/c1-11-3-5(2-10-11)13-4-6(8)7(9)12/h2-3,6H,4,8H2,1H3,(H2,9,12). The lowest BCUT2D eigenvalue weighted by Gasteiger charge is -2.07. The molecule has 1 aromatic heterocycles. The Morgan fingerprint density at radius 1 is 1.85 bits per heavy atom. The van der Waals surface area contributed by atoms with Gasteiger partial charge in [0.1, 0.15) is 12.6 Å². The van der Waals surface area contributed by atoms with Crippen molar-refractivity contribution < 1.29 is 9.53 Å². The van der Waals surface area contributed by atoms with E-state index in [1.165, 1.54) is 6.20 Å². The minimum Gasteiger partial charge on any atom is -0.488 e. The van der Waals surface area contributed by atoms with Gasteiger partial charge in [0.2, 0.25) is 5.91 Å². The highest BCUT2D eigenvalue weighted by Gasteiger charge is 2.09. The number of ether oxygens (including phenoxy) is 1. The van der Waals surface area contributed by atoms with Gasteiger partial charge in [-0.25, -0.2) is 0 Å². The number of primary amides is 1. The van der Waals surface area contributed by atoms with Gasteiger partial charge in [0.25, 0.3) is 0 Å².